The van der Waals surface area contributed by atoms with Crippen molar-refractivity contribution in [2.75, 3.05) is 13.2 Å². The van der Waals surface area contributed by atoms with E-state index in [-0.39, 0.29) is 12.0 Å². The molecule has 2 heterocycles. The zero-order valence-corrected chi connectivity index (χ0v) is 12.1. The molecule has 0 amide bonds. The summed E-state index contributed by atoms with van der Waals surface area (Å²) in [4.78, 5) is 4.39. The van der Waals surface area contributed by atoms with Crippen LogP contribution in [-0.2, 0) is 4.74 Å². The van der Waals surface area contributed by atoms with Crippen molar-refractivity contribution >= 4 is 23.2 Å². The number of nitrogens with two attached hydrogens (primary N) is 1. The standard InChI is InChI=1S/C13H13Cl2N3O2/c14-9-2-1-7(5-10(9)15)12-17-13(20-18-12)8-6-19-4-3-11(8)16/h1-2,5,8,11H,3-4,6,16H2. The lowest BCUT2D eigenvalue weighted by atomic mass is 9.97. The Morgan fingerprint density at radius 1 is 1.25 bits per heavy atom. The molecule has 7 heteroatoms. The van der Waals surface area contributed by atoms with Crippen LogP contribution in [-0.4, -0.2) is 29.4 Å². The first-order valence-electron chi connectivity index (χ1n) is 6.27. The van der Waals surface area contributed by atoms with Gasteiger partial charge in [-0.15, -0.1) is 0 Å². The lowest BCUT2D eigenvalue weighted by Crippen LogP contribution is -2.37. The molecule has 0 saturated carbocycles. The van der Waals surface area contributed by atoms with E-state index in [1.807, 2.05) is 0 Å². The maximum absolute atomic E-state index is 6.06. The summed E-state index contributed by atoms with van der Waals surface area (Å²) >= 11 is 11.9. The Labute approximate surface area is 126 Å². The Morgan fingerprint density at radius 3 is 2.85 bits per heavy atom. The number of hydrogen-bond acceptors (Lipinski definition) is 5. The lowest BCUT2D eigenvalue weighted by Gasteiger charge is -2.25. The van der Waals surface area contributed by atoms with E-state index in [0.717, 1.165) is 12.0 Å². The molecular formula is C13H13Cl2N3O2. The van der Waals surface area contributed by atoms with E-state index in [4.69, 9.17) is 38.2 Å². The predicted molar refractivity (Wildman–Crippen MR) is 75.9 cm³/mol. The normalized spacial score (nSPS) is 22.9. The van der Waals surface area contributed by atoms with Gasteiger partial charge < -0.3 is 15.0 Å². The van der Waals surface area contributed by atoms with Crippen molar-refractivity contribution in [3.63, 3.8) is 0 Å². The van der Waals surface area contributed by atoms with Crippen LogP contribution in [0.2, 0.25) is 10.0 Å². The second-order valence-electron chi connectivity index (χ2n) is 4.72. The molecular weight excluding hydrogens is 301 g/mol. The van der Waals surface area contributed by atoms with Gasteiger partial charge in [0, 0.05) is 18.2 Å². The molecule has 2 aromatic rings. The third kappa shape index (κ3) is 2.67. The number of aromatic nitrogens is 2. The highest BCUT2D eigenvalue weighted by Crippen LogP contribution is 2.29. The van der Waals surface area contributed by atoms with Crippen LogP contribution in [0.4, 0.5) is 0 Å². The number of rotatable bonds is 2. The summed E-state index contributed by atoms with van der Waals surface area (Å²) in [6.07, 6.45) is 0.787. The molecule has 2 unspecified atom stereocenters. The average Bonchev–Trinajstić information content (AvgIpc) is 2.92. The third-order valence-electron chi connectivity index (χ3n) is 3.35. The van der Waals surface area contributed by atoms with Gasteiger partial charge in [-0.1, -0.05) is 28.4 Å². The molecule has 2 N–H and O–H groups in total. The monoisotopic (exact) mass is 313 g/mol. The predicted octanol–water partition coefficient (Wildman–Crippen LogP) is 2.87. The Morgan fingerprint density at radius 2 is 2.10 bits per heavy atom. The molecule has 3 rings (SSSR count). The number of nitrogens with zero attached hydrogens (tertiary/aromatic N) is 2. The van der Waals surface area contributed by atoms with Crippen LogP contribution in [0, 0.1) is 0 Å². The molecule has 1 aromatic heterocycles. The van der Waals surface area contributed by atoms with E-state index in [0.29, 0.717) is 35.0 Å². The van der Waals surface area contributed by atoms with Gasteiger partial charge in [-0.05, 0) is 24.6 Å². The average molecular weight is 314 g/mol. The lowest BCUT2D eigenvalue weighted by molar-refractivity contribution is 0.0590. The number of benzene rings is 1. The maximum atomic E-state index is 6.06. The second-order valence-corrected chi connectivity index (χ2v) is 5.53. The van der Waals surface area contributed by atoms with Gasteiger partial charge in [0.2, 0.25) is 11.7 Å². The zero-order valence-electron chi connectivity index (χ0n) is 10.6. The van der Waals surface area contributed by atoms with Gasteiger partial charge >= 0.3 is 0 Å². The van der Waals surface area contributed by atoms with Gasteiger partial charge in [0.1, 0.15) is 0 Å². The number of hydrogen-bond donors (Lipinski definition) is 1. The highest BCUT2D eigenvalue weighted by Gasteiger charge is 2.29. The highest BCUT2D eigenvalue weighted by molar-refractivity contribution is 6.42. The quantitative estimate of drug-likeness (QED) is 0.922. The molecule has 1 aliphatic rings. The van der Waals surface area contributed by atoms with Gasteiger partial charge in [-0.3, -0.25) is 0 Å². The van der Waals surface area contributed by atoms with Crippen molar-refractivity contribution < 1.29 is 9.26 Å². The first-order valence-corrected chi connectivity index (χ1v) is 7.03. The highest BCUT2D eigenvalue weighted by atomic mass is 35.5. The van der Waals surface area contributed by atoms with Gasteiger partial charge in [-0.2, -0.15) is 4.98 Å². The van der Waals surface area contributed by atoms with Crippen molar-refractivity contribution in [2.45, 2.75) is 18.4 Å². The topological polar surface area (TPSA) is 74.2 Å². The molecule has 1 aromatic carbocycles. The largest absolute Gasteiger partial charge is 0.381 e. The molecule has 0 aliphatic carbocycles. The van der Waals surface area contributed by atoms with Crippen LogP contribution < -0.4 is 5.73 Å². The molecule has 1 fully saturated rings. The van der Waals surface area contributed by atoms with Crippen molar-refractivity contribution in [2.24, 2.45) is 5.73 Å². The van der Waals surface area contributed by atoms with E-state index in [9.17, 15) is 0 Å². The molecule has 2 atom stereocenters. The molecule has 106 valence electrons. The molecule has 0 radical (unpaired) electrons. The van der Waals surface area contributed by atoms with Crippen LogP contribution >= 0.6 is 23.2 Å². The first-order chi connectivity index (χ1) is 9.65. The zero-order chi connectivity index (χ0) is 14.1. The molecule has 0 bridgehead atoms. The smallest absolute Gasteiger partial charge is 0.233 e. The van der Waals surface area contributed by atoms with Crippen molar-refractivity contribution in [3.8, 4) is 11.4 Å². The van der Waals surface area contributed by atoms with Crippen LogP contribution in [0.15, 0.2) is 22.7 Å². The molecule has 1 aliphatic heterocycles. The van der Waals surface area contributed by atoms with E-state index in [2.05, 4.69) is 10.1 Å². The fourth-order valence-electron chi connectivity index (χ4n) is 2.15. The minimum Gasteiger partial charge on any atom is -0.381 e. The fraction of sp³-hybridized carbons (Fsp3) is 0.385. The summed E-state index contributed by atoms with van der Waals surface area (Å²) in [5.41, 5.74) is 6.81. The number of ether oxygens (including phenoxy) is 1. The molecule has 1 saturated heterocycles. The van der Waals surface area contributed by atoms with Crippen LogP contribution in [0.1, 0.15) is 18.2 Å². The Bertz CT molecular complexity index is 617. The summed E-state index contributed by atoms with van der Waals surface area (Å²) in [7, 11) is 0. The van der Waals surface area contributed by atoms with Gasteiger partial charge in [0.15, 0.2) is 0 Å². The van der Waals surface area contributed by atoms with Gasteiger partial charge in [0.25, 0.3) is 0 Å². The van der Waals surface area contributed by atoms with E-state index < -0.39 is 0 Å². The summed E-state index contributed by atoms with van der Waals surface area (Å²) in [6, 6.07) is 5.17. The van der Waals surface area contributed by atoms with E-state index in [1.54, 1.807) is 18.2 Å². The minimum atomic E-state index is -0.0622. The SMILES string of the molecule is NC1CCOCC1c1nc(-c2ccc(Cl)c(Cl)c2)no1. The second kappa shape index (κ2) is 5.69. The maximum Gasteiger partial charge on any atom is 0.233 e. The Balaban J connectivity index is 1.87. The van der Waals surface area contributed by atoms with E-state index >= 15 is 0 Å². The summed E-state index contributed by atoms with van der Waals surface area (Å²) in [5, 5.41) is 4.91. The van der Waals surface area contributed by atoms with Crippen molar-refractivity contribution in [1.29, 1.82) is 0 Å². The van der Waals surface area contributed by atoms with Crippen LogP contribution in [0.5, 0.6) is 0 Å². The fourth-order valence-corrected chi connectivity index (χ4v) is 2.45. The van der Waals surface area contributed by atoms with Gasteiger partial charge in [-0.25, -0.2) is 0 Å². The van der Waals surface area contributed by atoms with Gasteiger partial charge in [0.05, 0.1) is 22.6 Å². The van der Waals surface area contributed by atoms with Crippen molar-refractivity contribution in [3.05, 3.63) is 34.1 Å². The van der Waals surface area contributed by atoms with Crippen molar-refractivity contribution in [1.82, 2.24) is 10.1 Å². The Kier molecular flexibility index (Phi) is 3.94. The van der Waals surface area contributed by atoms with Crippen LogP contribution in [0.25, 0.3) is 11.4 Å². The molecule has 5 nitrogen and oxygen atoms in total. The molecule has 20 heavy (non-hydrogen) atoms. The third-order valence-corrected chi connectivity index (χ3v) is 4.09. The summed E-state index contributed by atoms with van der Waals surface area (Å²) in [5.74, 6) is 0.905. The van der Waals surface area contributed by atoms with Crippen LogP contribution in [0.3, 0.4) is 0 Å². The number of halogens is 2. The Hall–Kier alpha value is -1.14. The molecule has 0 spiro atoms. The summed E-state index contributed by atoms with van der Waals surface area (Å²) < 4.78 is 10.7. The minimum absolute atomic E-state index is 0.0224. The van der Waals surface area contributed by atoms with E-state index in [1.165, 1.54) is 0 Å². The summed E-state index contributed by atoms with van der Waals surface area (Å²) in [6.45, 7) is 1.18. The first kappa shape index (κ1) is 13.8.